The van der Waals surface area contributed by atoms with E-state index >= 15 is 0 Å². The van der Waals surface area contributed by atoms with Crippen molar-refractivity contribution in [2.24, 2.45) is 4.99 Å². The molecule has 2 aromatic heterocycles. The summed E-state index contributed by atoms with van der Waals surface area (Å²) in [4.78, 5) is 12.0. The smallest absolute Gasteiger partial charge is 0.236 e. The van der Waals surface area contributed by atoms with Gasteiger partial charge in [-0.05, 0) is 36.1 Å². The molecule has 0 aliphatic carbocycles. The molecular formula is C20H24N4O2S. The molecule has 0 aliphatic rings. The molecular weight excluding hydrogens is 360 g/mol. The van der Waals surface area contributed by atoms with Gasteiger partial charge in [-0.2, -0.15) is 0 Å². The number of ether oxygens (including phenoxy) is 1. The molecule has 0 aliphatic heterocycles. The number of thiophene rings is 1. The van der Waals surface area contributed by atoms with Crippen molar-refractivity contribution in [2.45, 2.75) is 20.0 Å². The molecule has 3 rings (SSSR count). The predicted octanol–water partition coefficient (Wildman–Crippen LogP) is 4.01. The van der Waals surface area contributed by atoms with Crippen LogP contribution in [0.15, 0.2) is 57.5 Å². The summed E-state index contributed by atoms with van der Waals surface area (Å²) in [6.45, 7) is 3.95. The molecule has 7 heteroatoms. The first-order valence-corrected chi connectivity index (χ1v) is 9.69. The Hall–Kier alpha value is -2.80. The van der Waals surface area contributed by atoms with Crippen molar-refractivity contribution >= 4 is 17.3 Å². The first-order valence-electron chi connectivity index (χ1n) is 8.81. The van der Waals surface area contributed by atoms with Gasteiger partial charge in [-0.15, -0.1) is 11.3 Å². The van der Waals surface area contributed by atoms with E-state index in [1.165, 1.54) is 5.56 Å². The van der Waals surface area contributed by atoms with Gasteiger partial charge in [0, 0.05) is 20.6 Å². The van der Waals surface area contributed by atoms with Gasteiger partial charge in [0.2, 0.25) is 5.89 Å². The minimum atomic E-state index is 0.551. The minimum absolute atomic E-state index is 0.551. The molecule has 0 atom stereocenters. The molecule has 0 amide bonds. The summed E-state index contributed by atoms with van der Waals surface area (Å²) in [6, 6.07) is 12.1. The summed E-state index contributed by atoms with van der Waals surface area (Å²) in [5.74, 6) is 2.34. The number of aromatic nitrogens is 1. The zero-order valence-corrected chi connectivity index (χ0v) is 16.6. The molecule has 1 N–H and O–H groups in total. The Labute approximate surface area is 163 Å². The highest BCUT2D eigenvalue weighted by atomic mass is 32.1. The van der Waals surface area contributed by atoms with Crippen molar-refractivity contribution in [2.75, 3.05) is 20.7 Å². The van der Waals surface area contributed by atoms with Crippen LogP contribution in [0, 0.1) is 0 Å². The van der Waals surface area contributed by atoms with Gasteiger partial charge in [0.25, 0.3) is 0 Å². The van der Waals surface area contributed by atoms with Crippen molar-refractivity contribution in [1.82, 2.24) is 15.2 Å². The third-order valence-electron chi connectivity index (χ3n) is 3.94. The van der Waals surface area contributed by atoms with Crippen LogP contribution in [0.2, 0.25) is 0 Å². The van der Waals surface area contributed by atoms with Crippen LogP contribution in [0.1, 0.15) is 18.2 Å². The molecule has 3 aromatic rings. The van der Waals surface area contributed by atoms with Crippen LogP contribution < -0.4 is 10.1 Å². The van der Waals surface area contributed by atoms with Gasteiger partial charge in [0.05, 0.1) is 23.7 Å². The number of hydrogen-bond donors (Lipinski definition) is 1. The fourth-order valence-electron chi connectivity index (χ4n) is 2.66. The molecule has 0 unspecified atom stereocenters. The number of aliphatic imine (C=N–C) groups is 1. The molecule has 0 bridgehead atoms. The zero-order valence-electron chi connectivity index (χ0n) is 15.8. The topological polar surface area (TPSA) is 62.9 Å². The summed E-state index contributed by atoms with van der Waals surface area (Å²) in [5.41, 5.74) is 2.03. The monoisotopic (exact) mass is 384 g/mol. The molecule has 0 fully saturated rings. The number of oxazole rings is 1. The first kappa shape index (κ1) is 19.0. The molecule has 2 heterocycles. The third-order valence-corrected chi connectivity index (χ3v) is 4.80. The van der Waals surface area contributed by atoms with Crippen LogP contribution in [0.4, 0.5) is 0 Å². The quantitative estimate of drug-likeness (QED) is 0.493. The zero-order chi connectivity index (χ0) is 19.1. The second-order valence-electron chi connectivity index (χ2n) is 5.96. The fourth-order valence-corrected chi connectivity index (χ4v) is 3.32. The Morgan fingerprint density at radius 2 is 2.11 bits per heavy atom. The standard InChI is InChI=1S/C20H24N4O2S/c1-4-25-17-9-7-15(8-10-17)13-24(3)20(21-2)22-12-16-14-26-19(23-16)18-6-5-11-27-18/h5-11,14H,4,12-13H2,1-3H3,(H,21,22). The highest BCUT2D eigenvalue weighted by Crippen LogP contribution is 2.23. The van der Waals surface area contributed by atoms with Gasteiger partial charge in [-0.1, -0.05) is 18.2 Å². The van der Waals surface area contributed by atoms with Crippen molar-refractivity contribution in [3.63, 3.8) is 0 Å². The largest absolute Gasteiger partial charge is 0.494 e. The SMILES string of the molecule is CCOc1ccc(CN(C)C(=NC)NCc2coc(-c3cccs3)n2)cc1. The van der Waals surface area contributed by atoms with Gasteiger partial charge in [0.1, 0.15) is 12.0 Å². The Bertz CT molecular complexity index is 857. The summed E-state index contributed by atoms with van der Waals surface area (Å²) in [7, 11) is 3.78. The van der Waals surface area contributed by atoms with E-state index in [-0.39, 0.29) is 0 Å². The molecule has 142 valence electrons. The van der Waals surface area contributed by atoms with Crippen LogP contribution in [-0.4, -0.2) is 36.5 Å². The van der Waals surface area contributed by atoms with E-state index in [1.54, 1.807) is 24.6 Å². The minimum Gasteiger partial charge on any atom is -0.494 e. The lowest BCUT2D eigenvalue weighted by Gasteiger charge is -2.22. The van der Waals surface area contributed by atoms with E-state index in [9.17, 15) is 0 Å². The number of benzene rings is 1. The van der Waals surface area contributed by atoms with E-state index in [2.05, 4.69) is 32.3 Å². The van der Waals surface area contributed by atoms with Crippen molar-refractivity contribution in [1.29, 1.82) is 0 Å². The number of hydrogen-bond acceptors (Lipinski definition) is 5. The second-order valence-corrected chi connectivity index (χ2v) is 6.90. The molecule has 0 spiro atoms. The van der Waals surface area contributed by atoms with Crippen LogP contribution in [0.25, 0.3) is 10.8 Å². The van der Waals surface area contributed by atoms with Crippen molar-refractivity contribution in [3.8, 4) is 16.5 Å². The average molecular weight is 385 g/mol. The van der Waals surface area contributed by atoms with E-state index in [0.29, 0.717) is 19.0 Å². The average Bonchev–Trinajstić information content (AvgIpc) is 3.35. The summed E-state index contributed by atoms with van der Waals surface area (Å²) in [5, 5.41) is 5.34. The number of nitrogens with zero attached hydrogens (tertiary/aromatic N) is 3. The van der Waals surface area contributed by atoms with Gasteiger partial charge in [-0.3, -0.25) is 4.99 Å². The summed E-state index contributed by atoms with van der Waals surface area (Å²) >= 11 is 1.61. The Morgan fingerprint density at radius 3 is 2.78 bits per heavy atom. The number of rotatable bonds is 7. The third kappa shape index (κ3) is 5.10. The molecule has 0 radical (unpaired) electrons. The molecule has 0 saturated heterocycles. The molecule has 1 aromatic carbocycles. The van der Waals surface area contributed by atoms with Crippen molar-refractivity contribution in [3.05, 3.63) is 59.3 Å². The second kappa shape index (κ2) is 9.23. The predicted molar refractivity (Wildman–Crippen MR) is 109 cm³/mol. The Balaban J connectivity index is 1.55. The van der Waals surface area contributed by atoms with Gasteiger partial charge in [-0.25, -0.2) is 4.98 Å². The van der Waals surface area contributed by atoms with Crippen LogP contribution in [-0.2, 0) is 13.1 Å². The summed E-state index contributed by atoms with van der Waals surface area (Å²) in [6.07, 6.45) is 1.68. The normalized spacial score (nSPS) is 11.4. The first-order chi connectivity index (χ1) is 13.2. The van der Waals surface area contributed by atoms with Crippen LogP contribution in [0.5, 0.6) is 5.75 Å². The number of nitrogens with one attached hydrogen (secondary N) is 1. The lowest BCUT2D eigenvalue weighted by Crippen LogP contribution is -2.38. The Kier molecular flexibility index (Phi) is 6.49. The molecule has 27 heavy (non-hydrogen) atoms. The maximum atomic E-state index is 5.56. The number of guanidine groups is 1. The van der Waals surface area contributed by atoms with E-state index < -0.39 is 0 Å². The molecule has 6 nitrogen and oxygen atoms in total. The highest BCUT2D eigenvalue weighted by molar-refractivity contribution is 7.13. The highest BCUT2D eigenvalue weighted by Gasteiger charge is 2.10. The maximum Gasteiger partial charge on any atom is 0.236 e. The van der Waals surface area contributed by atoms with Gasteiger partial charge in [0.15, 0.2) is 5.96 Å². The van der Waals surface area contributed by atoms with E-state index in [4.69, 9.17) is 9.15 Å². The summed E-state index contributed by atoms with van der Waals surface area (Å²) < 4.78 is 11.0. The Morgan fingerprint density at radius 1 is 1.30 bits per heavy atom. The molecule has 0 saturated carbocycles. The van der Waals surface area contributed by atoms with E-state index in [0.717, 1.165) is 28.8 Å². The maximum absolute atomic E-state index is 5.56. The lowest BCUT2D eigenvalue weighted by atomic mass is 10.2. The van der Waals surface area contributed by atoms with Gasteiger partial charge < -0.3 is 19.4 Å². The van der Waals surface area contributed by atoms with Crippen molar-refractivity contribution < 1.29 is 9.15 Å². The van der Waals surface area contributed by atoms with Crippen LogP contribution >= 0.6 is 11.3 Å². The van der Waals surface area contributed by atoms with Gasteiger partial charge >= 0.3 is 0 Å². The van der Waals surface area contributed by atoms with E-state index in [1.807, 2.05) is 43.6 Å². The lowest BCUT2D eigenvalue weighted by molar-refractivity contribution is 0.340. The fraction of sp³-hybridized carbons (Fsp3) is 0.300. The van der Waals surface area contributed by atoms with Crippen LogP contribution in [0.3, 0.4) is 0 Å².